The van der Waals surface area contributed by atoms with Crippen LogP contribution in [0.25, 0.3) is 0 Å². The molecule has 2 rings (SSSR count). The van der Waals surface area contributed by atoms with Crippen LogP contribution < -0.4 is 21.5 Å². The largest absolute Gasteiger partial charge is 1.00 e. The minimum absolute atomic E-state index is 0. The van der Waals surface area contributed by atoms with Crippen molar-refractivity contribution in [2.24, 2.45) is 0 Å². The monoisotopic (exact) mass is 277 g/mol. The Kier molecular flexibility index (Phi) is 5.20. The average molecular weight is 278 g/mol. The summed E-state index contributed by atoms with van der Waals surface area (Å²) in [6.45, 7) is 3.13. The van der Waals surface area contributed by atoms with Crippen molar-refractivity contribution in [3.8, 4) is 0 Å². The molecular formula is C14H16BrN. The van der Waals surface area contributed by atoms with Crippen LogP contribution in [0, 0.1) is 0 Å². The smallest absolute Gasteiger partial charge is 0.173 e. The summed E-state index contributed by atoms with van der Waals surface area (Å²) in [5.74, 6) is 0. The molecule has 0 fully saturated rings. The van der Waals surface area contributed by atoms with Crippen LogP contribution in [0.4, 0.5) is 0 Å². The lowest BCUT2D eigenvalue weighted by Crippen LogP contribution is -3.00. The SMILES string of the molecule is CCc1cc[n+](Cc2ccccc2)cc1.[Br-]. The van der Waals surface area contributed by atoms with Crippen molar-refractivity contribution in [1.82, 2.24) is 0 Å². The Balaban J connectivity index is 0.00000128. The van der Waals surface area contributed by atoms with Gasteiger partial charge in [0, 0.05) is 17.7 Å². The van der Waals surface area contributed by atoms with E-state index in [9.17, 15) is 0 Å². The number of rotatable bonds is 3. The molecule has 0 aliphatic carbocycles. The van der Waals surface area contributed by atoms with Crippen LogP contribution in [-0.4, -0.2) is 0 Å². The number of halogens is 1. The molecule has 0 saturated heterocycles. The van der Waals surface area contributed by atoms with Gasteiger partial charge >= 0.3 is 0 Å². The van der Waals surface area contributed by atoms with E-state index < -0.39 is 0 Å². The second kappa shape index (κ2) is 6.44. The summed E-state index contributed by atoms with van der Waals surface area (Å²) in [4.78, 5) is 0. The van der Waals surface area contributed by atoms with Gasteiger partial charge in [0.15, 0.2) is 18.9 Å². The first-order chi connectivity index (χ1) is 7.38. The summed E-state index contributed by atoms with van der Waals surface area (Å²) in [5.41, 5.74) is 2.73. The third kappa shape index (κ3) is 3.46. The third-order valence-corrected chi connectivity index (χ3v) is 2.58. The van der Waals surface area contributed by atoms with Gasteiger partial charge in [-0.1, -0.05) is 37.3 Å². The predicted molar refractivity (Wildman–Crippen MR) is 61.6 cm³/mol. The molecule has 1 aromatic carbocycles. The van der Waals surface area contributed by atoms with Crippen molar-refractivity contribution < 1.29 is 21.5 Å². The van der Waals surface area contributed by atoms with Crippen LogP contribution in [0.1, 0.15) is 18.1 Å². The van der Waals surface area contributed by atoms with Gasteiger partial charge in [-0.3, -0.25) is 0 Å². The average Bonchev–Trinajstić information content (AvgIpc) is 2.31. The highest BCUT2D eigenvalue weighted by molar-refractivity contribution is 5.13. The van der Waals surface area contributed by atoms with Crippen LogP contribution in [0.3, 0.4) is 0 Å². The molecule has 0 aliphatic heterocycles. The Hall–Kier alpha value is -1.15. The molecule has 0 aliphatic rings. The maximum absolute atomic E-state index is 2.20. The highest BCUT2D eigenvalue weighted by atomic mass is 79.9. The fraction of sp³-hybridized carbons (Fsp3) is 0.214. The van der Waals surface area contributed by atoms with E-state index in [1.807, 2.05) is 6.07 Å². The second-order valence-corrected chi connectivity index (χ2v) is 3.72. The zero-order chi connectivity index (χ0) is 10.5. The molecule has 0 bridgehead atoms. The molecule has 0 spiro atoms. The van der Waals surface area contributed by atoms with Crippen molar-refractivity contribution in [2.45, 2.75) is 19.9 Å². The lowest BCUT2D eigenvalue weighted by atomic mass is 10.2. The summed E-state index contributed by atoms with van der Waals surface area (Å²) < 4.78 is 2.20. The number of pyridine rings is 1. The van der Waals surface area contributed by atoms with E-state index in [-0.39, 0.29) is 17.0 Å². The summed E-state index contributed by atoms with van der Waals surface area (Å²) in [5, 5.41) is 0. The van der Waals surface area contributed by atoms with Crippen LogP contribution in [0.2, 0.25) is 0 Å². The molecule has 84 valence electrons. The van der Waals surface area contributed by atoms with Gasteiger partial charge in [0.25, 0.3) is 0 Å². The van der Waals surface area contributed by atoms with E-state index in [1.165, 1.54) is 11.1 Å². The minimum Gasteiger partial charge on any atom is -1.00 e. The normalized spacial score (nSPS) is 9.56. The van der Waals surface area contributed by atoms with E-state index in [0.29, 0.717) is 0 Å². The maximum Gasteiger partial charge on any atom is 0.173 e. The fourth-order valence-electron chi connectivity index (χ4n) is 1.62. The number of nitrogens with zero attached hydrogens (tertiary/aromatic N) is 1. The number of benzene rings is 1. The first-order valence-electron chi connectivity index (χ1n) is 5.40. The summed E-state index contributed by atoms with van der Waals surface area (Å²) in [6.07, 6.45) is 5.39. The van der Waals surface area contributed by atoms with Gasteiger partial charge in [-0.15, -0.1) is 0 Å². The number of hydrogen-bond donors (Lipinski definition) is 0. The standard InChI is InChI=1S/C14H16N.BrH/c1-2-13-8-10-15(11-9-13)12-14-6-4-3-5-7-14;/h3-11H,2,12H2,1H3;1H/q+1;/p-1. The highest BCUT2D eigenvalue weighted by Crippen LogP contribution is 1.99. The first-order valence-corrected chi connectivity index (χ1v) is 5.40. The van der Waals surface area contributed by atoms with Gasteiger partial charge in [0.1, 0.15) is 0 Å². The molecule has 1 heterocycles. The molecule has 0 saturated carbocycles. The van der Waals surface area contributed by atoms with Crippen molar-refractivity contribution in [3.05, 3.63) is 66.0 Å². The van der Waals surface area contributed by atoms with Crippen LogP contribution >= 0.6 is 0 Å². The van der Waals surface area contributed by atoms with Gasteiger partial charge in [-0.2, -0.15) is 0 Å². The third-order valence-electron chi connectivity index (χ3n) is 2.58. The van der Waals surface area contributed by atoms with Crippen LogP contribution in [-0.2, 0) is 13.0 Å². The van der Waals surface area contributed by atoms with E-state index in [2.05, 4.69) is 60.3 Å². The van der Waals surface area contributed by atoms with Crippen molar-refractivity contribution in [1.29, 1.82) is 0 Å². The van der Waals surface area contributed by atoms with Gasteiger partial charge in [-0.05, 0) is 12.0 Å². The van der Waals surface area contributed by atoms with E-state index in [4.69, 9.17) is 0 Å². The quantitative estimate of drug-likeness (QED) is 0.672. The van der Waals surface area contributed by atoms with E-state index in [0.717, 1.165) is 13.0 Å². The molecule has 2 aromatic rings. The predicted octanol–water partition coefficient (Wildman–Crippen LogP) is -0.411. The summed E-state index contributed by atoms with van der Waals surface area (Å²) in [6, 6.07) is 14.9. The Morgan fingerprint density at radius 3 is 2.06 bits per heavy atom. The fourth-order valence-corrected chi connectivity index (χ4v) is 1.62. The Morgan fingerprint density at radius 1 is 0.875 bits per heavy atom. The van der Waals surface area contributed by atoms with Gasteiger partial charge in [0.05, 0.1) is 0 Å². The number of aryl methyl sites for hydroxylation is 1. The van der Waals surface area contributed by atoms with Gasteiger partial charge in [0.2, 0.25) is 0 Å². The van der Waals surface area contributed by atoms with Crippen molar-refractivity contribution in [3.63, 3.8) is 0 Å². The molecule has 0 atom stereocenters. The molecule has 0 unspecified atom stereocenters. The Labute approximate surface area is 108 Å². The summed E-state index contributed by atoms with van der Waals surface area (Å²) in [7, 11) is 0. The lowest BCUT2D eigenvalue weighted by molar-refractivity contribution is -0.688. The van der Waals surface area contributed by atoms with E-state index >= 15 is 0 Å². The van der Waals surface area contributed by atoms with E-state index in [1.54, 1.807) is 0 Å². The lowest BCUT2D eigenvalue weighted by Gasteiger charge is -1.98. The minimum atomic E-state index is 0. The maximum atomic E-state index is 2.20. The molecular weight excluding hydrogens is 262 g/mol. The van der Waals surface area contributed by atoms with Gasteiger partial charge in [-0.25, -0.2) is 4.57 Å². The number of aromatic nitrogens is 1. The molecule has 0 radical (unpaired) electrons. The van der Waals surface area contributed by atoms with Crippen LogP contribution in [0.5, 0.6) is 0 Å². The zero-order valence-electron chi connectivity index (χ0n) is 9.44. The van der Waals surface area contributed by atoms with Crippen molar-refractivity contribution >= 4 is 0 Å². The molecule has 16 heavy (non-hydrogen) atoms. The number of hydrogen-bond acceptors (Lipinski definition) is 0. The molecule has 1 aromatic heterocycles. The van der Waals surface area contributed by atoms with Gasteiger partial charge < -0.3 is 17.0 Å². The topological polar surface area (TPSA) is 3.88 Å². The molecule has 1 nitrogen and oxygen atoms in total. The molecule has 0 amide bonds. The van der Waals surface area contributed by atoms with Crippen molar-refractivity contribution in [2.75, 3.05) is 0 Å². The second-order valence-electron chi connectivity index (χ2n) is 3.72. The van der Waals surface area contributed by atoms with Crippen LogP contribution in [0.15, 0.2) is 54.9 Å². The molecule has 0 N–H and O–H groups in total. The first kappa shape index (κ1) is 12.9. The molecule has 2 heteroatoms. The summed E-state index contributed by atoms with van der Waals surface area (Å²) >= 11 is 0. The zero-order valence-corrected chi connectivity index (χ0v) is 11.0. The Morgan fingerprint density at radius 2 is 1.50 bits per heavy atom. The Bertz CT molecular complexity index is 409. The highest BCUT2D eigenvalue weighted by Gasteiger charge is 2.00.